The van der Waals surface area contributed by atoms with Gasteiger partial charge in [0.15, 0.2) is 0 Å². The number of halogens is 2. The zero-order valence-corrected chi connectivity index (χ0v) is 10.1. The molecule has 1 N–H and O–H groups in total. The van der Waals surface area contributed by atoms with Crippen molar-refractivity contribution < 1.29 is 14.2 Å². The lowest BCUT2D eigenvalue weighted by molar-refractivity contribution is 0.0426. The van der Waals surface area contributed by atoms with Crippen LogP contribution in [0.4, 0.5) is 4.39 Å². The zero-order chi connectivity index (χ0) is 11.3. The van der Waals surface area contributed by atoms with Crippen LogP contribution in [0.2, 0.25) is 0 Å². The van der Waals surface area contributed by atoms with Crippen LogP contribution in [0.25, 0.3) is 0 Å². The highest BCUT2D eigenvalue weighted by Gasteiger charge is 2.09. The van der Waals surface area contributed by atoms with Gasteiger partial charge in [-0.1, -0.05) is 22.0 Å². The van der Waals surface area contributed by atoms with Crippen molar-refractivity contribution >= 4 is 15.9 Å². The van der Waals surface area contributed by atoms with E-state index in [1.807, 2.05) is 6.92 Å². The average Bonchev–Trinajstić information content (AvgIpc) is 2.19. The van der Waals surface area contributed by atoms with Gasteiger partial charge in [0.2, 0.25) is 0 Å². The molecule has 0 aromatic heterocycles. The molecule has 0 aliphatic rings. The summed E-state index contributed by atoms with van der Waals surface area (Å²) in [5.41, 5.74) is 0.505. The summed E-state index contributed by atoms with van der Waals surface area (Å²) in [6, 6.07) is 4.81. The third kappa shape index (κ3) is 4.28. The first-order chi connectivity index (χ1) is 7.13. The van der Waals surface area contributed by atoms with Crippen molar-refractivity contribution in [3.05, 3.63) is 34.1 Å². The molecular formula is C11H14BrFO2. The molecule has 0 heterocycles. The van der Waals surface area contributed by atoms with Crippen LogP contribution in [0.3, 0.4) is 0 Å². The molecule has 2 nitrogen and oxygen atoms in total. The van der Waals surface area contributed by atoms with Gasteiger partial charge in [0.1, 0.15) is 5.82 Å². The summed E-state index contributed by atoms with van der Waals surface area (Å²) in [5, 5.41) is 9.52. The first kappa shape index (κ1) is 12.6. The Labute approximate surface area is 97.2 Å². The van der Waals surface area contributed by atoms with Crippen LogP contribution in [0, 0.1) is 5.82 Å². The Morgan fingerprint density at radius 1 is 1.53 bits per heavy atom. The summed E-state index contributed by atoms with van der Waals surface area (Å²) in [7, 11) is 0. The highest BCUT2D eigenvalue weighted by Crippen LogP contribution is 2.16. The maximum absolute atomic E-state index is 13.4. The van der Waals surface area contributed by atoms with Crippen molar-refractivity contribution in [2.24, 2.45) is 0 Å². The van der Waals surface area contributed by atoms with E-state index >= 15 is 0 Å². The average molecular weight is 277 g/mol. The third-order valence-electron chi connectivity index (χ3n) is 1.99. The summed E-state index contributed by atoms with van der Waals surface area (Å²) >= 11 is 3.18. The normalized spacial score (nSPS) is 12.8. The lowest BCUT2D eigenvalue weighted by atomic mass is 10.1. The summed E-state index contributed by atoms with van der Waals surface area (Å²) in [5.74, 6) is -0.306. The quantitative estimate of drug-likeness (QED) is 0.896. The van der Waals surface area contributed by atoms with Crippen LogP contribution < -0.4 is 0 Å². The van der Waals surface area contributed by atoms with Crippen molar-refractivity contribution in [2.45, 2.75) is 19.4 Å². The molecule has 84 valence electrons. The van der Waals surface area contributed by atoms with Crippen molar-refractivity contribution in [1.82, 2.24) is 0 Å². The lowest BCUT2D eigenvalue weighted by Crippen LogP contribution is -2.18. The minimum atomic E-state index is -0.652. The second-order valence-electron chi connectivity index (χ2n) is 3.25. The molecule has 1 aromatic rings. The fraction of sp³-hybridized carbons (Fsp3) is 0.455. The standard InChI is InChI=1S/C11H14BrFO2/c1-2-15-7-10(14)5-8-3-4-9(12)6-11(8)13/h3-4,6,10,14H,2,5,7H2,1H3. The Bertz CT molecular complexity index is 317. The summed E-state index contributed by atoms with van der Waals surface area (Å²) in [6.07, 6.45) is -0.375. The van der Waals surface area contributed by atoms with Crippen LogP contribution in [0.1, 0.15) is 12.5 Å². The molecule has 0 saturated heterocycles. The van der Waals surface area contributed by atoms with Gasteiger partial charge in [-0.15, -0.1) is 0 Å². The number of benzene rings is 1. The van der Waals surface area contributed by atoms with Crippen molar-refractivity contribution in [1.29, 1.82) is 0 Å². The van der Waals surface area contributed by atoms with E-state index < -0.39 is 6.10 Å². The van der Waals surface area contributed by atoms with Gasteiger partial charge in [0.25, 0.3) is 0 Å². The van der Waals surface area contributed by atoms with Gasteiger partial charge in [-0.3, -0.25) is 0 Å². The van der Waals surface area contributed by atoms with Crippen LogP contribution in [-0.4, -0.2) is 24.4 Å². The van der Waals surface area contributed by atoms with E-state index in [0.717, 1.165) is 0 Å². The number of aliphatic hydroxyl groups is 1. The predicted molar refractivity (Wildman–Crippen MR) is 60.3 cm³/mol. The predicted octanol–water partition coefficient (Wildman–Crippen LogP) is 2.53. The first-order valence-corrected chi connectivity index (χ1v) is 5.62. The molecule has 0 aliphatic heterocycles. The van der Waals surface area contributed by atoms with Crippen LogP contribution in [-0.2, 0) is 11.2 Å². The third-order valence-corrected chi connectivity index (χ3v) is 2.48. The molecule has 0 fully saturated rings. The fourth-order valence-corrected chi connectivity index (χ4v) is 1.59. The summed E-state index contributed by atoms with van der Waals surface area (Å²) in [6.45, 7) is 2.65. The van der Waals surface area contributed by atoms with Crippen LogP contribution in [0.5, 0.6) is 0 Å². The Hall–Kier alpha value is -0.450. The Kier molecular flexibility index (Phi) is 5.22. The van der Waals surface area contributed by atoms with E-state index in [2.05, 4.69) is 15.9 Å². The monoisotopic (exact) mass is 276 g/mol. The first-order valence-electron chi connectivity index (χ1n) is 4.83. The Balaban J connectivity index is 2.56. The van der Waals surface area contributed by atoms with E-state index in [9.17, 15) is 9.50 Å². The van der Waals surface area contributed by atoms with Gasteiger partial charge in [0.05, 0.1) is 12.7 Å². The molecular weight excluding hydrogens is 263 g/mol. The number of rotatable bonds is 5. The minimum Gasteiger partial charge on any atom is -0.390 e. The molecule has 1 unspecified atom stereocenters. The van der Waals surface area contributed by atoms with Gasteiger partial charge < -0.3 is 9.84 Å². The van der Waals surface area contributed by atoms with Gasteiger partial charge in [-0.2, -0.15) is 0 Å². The van der Waals surface area contributed by atoms with Gasteiger partial charge in [0, 0.05) is 17.5 Å². The molecule has 1 rings (SSSR count). The smallest absolute Gasteiger partial charge is 0.127 e. The highest BCUT2D eigenvalue weighted by atomic mass is 79.9. The van der Waals surface area contributed by atoms with E-state index in [1.54, 1.807) is 12.1 Å². The minimum absolute atomic E-state index is 0.242. The number of ether oxygens (including phenoxy) is 1. The SMILES string of the molecule is CCOCC(O)Cc1ccc(Br)cc1F. The number of hydrogen-bond donors (Lipinski definition) is 1. The van der Waals surface area contributed by atoms with Crippen molar-refractivity contribution in [2.75, 3.05) is 13.2 Å². The molecule has 15 heavy (non-hydrogen) atoms. The maximum atomic E-state index is 13.4. The topological polar surface area (TPSA) is 29.5 Å². The summed E-state index contributed by atoms with van der Waals surface area (Å²) < 4.78 is 19.1. The fourth-order valence-electron chi connectivity index (χ4n) is 1.25. The van der Waals surface area contributed by atoms with Gasteiger partial charge in [-0.05, 0) is 24.6 Å². The maximum Gasteiger partial charge on any atom is 0.127 e. The van der Waals surface area contributed by atoms with E-state index in [0.29, 0.717) is 16.6 Å². The molecule has 1 atom stereocenters. The van der Waals surface area contributed by atoms with E-state index in [1.165, 1.54) is 6.07 Å². The largest absolute Gasteiger partial charge is 0.390 e. The molecule has 0 aliphatic carbocycles. The molecule has 0 spiro atoms. The molecule has 0 amide bonds. The lowest BCUT2D eigenvalue weighted by Gasteiger charge is -2.11. The second kappa shape index (κ2) is 6.20. The van der Waals surface area contributed by atoms with E-state index in [-0.39, 0.29) is 18.8 Å². The Morgan fingerprint density at radius 2 is 2.27 bits per heavy atom. The molecule has 1 aromatic carbocycles. The summed E-state index contributed by atoms with van der Waals surface area (Å²) in [4.78, 5) is 0. The number of aliphatic hydroxyl groups excluding tert-OH is 1. The van der Waals surface area contributed by atoms with Crippen LogP contribution in [0.15, 0.2) is 22.7 Å². The van der Waals surface area contributed by atoms with Crippen molar-refractivity contribution in [3.63, 3.8) is 0 Å². The second-order valence-corrected chi connectivity index (χ2v) is 4.17. The van der Waals surface area contributed by atoms with Gasteiger partial charge in [-0.25, -0.2) is 4.39 Å². The molecule has 0 radical (unpaired) electrons. The van der Waals surface area contributed by atoms with Crippen LogP contribution >= 0.6 is 15.9 Å². The van der Waals surface area contributed by atoms with Gasteiger partial charge >= 0.3 is 0 Å². The molecule has 0 bridgehead atoms. The van der Waals surface area contributed by atoms with Crippen molar-refractivity contribution in [3.8, 4) is 0 Å². The Morgan fingerprint density at radius 3 is 2.87 bits per heavy atom. The number of hydrogen-bond acceptors (Lipinski definition) is 2. The highest BCUT2D eigenvalue weighted by molar-refractivity contribution is 9.10. The molecule has 4 heteroatoms. The zero-order valence-electron chi connectivity index (χ0n) is 8.54. The van der Waals surface area contributed by atoms with E-state index in [4.69, 9.17) is 4.74 Å². The molecule has 0 saturated carbocycles.